The smallest absolute Gasteiger partial charge is 0.315 e. The summed E-state index contributed by atoms with van der Waals surface area (Å²) in [5.74, 6) is 0.620. The Balaban J connectivity index is 1.91. The molecule has 0 radical (unpaired) electrons. The number of rotatable bonds is 6. The number of carbonyl (C=O) groups is 1. The molecule has 21 heavy (non-hydrogen) atoms. The molecule has 0 bridgehead atoms. The third kappa shape index (κ3) is 4.46. The standard InChI is InChI=1S/C17H26N2O2/c1-12(2)17(3,21)11-18-16(20)19-15(14-9-10-14)13-7-5-4-6-8-13/h4-8,12,14-15,21H,9-11H2,1-3H3,(H2,18,19,20). The maximum Gasteiger partial charge on any atom is 0.315 e. The van der Waals surface area contributed by atoms with Crippen LogP contribution in [-0.4, -0.2) is 23.3 Å². The molecule has 1 aliphatic carbocycles. The van der Waals surface area contributed by atoms with Crippen LogP contribution in [0.2, 0.25) is 0 Å². The highest BCUT2D eigenvalue weighted by Gasteiger charge is 2.33. The van der Waals surface area contributed by atoms with E-state index in [-0.39, 0.29) is 24.5 Å². The Morgan fingerprint density at radius 3 is 2.48 bits per heavy atom. The fourth-order valence-corrected chi connectivity index (χ4v) is 2.22. The molecule has 0 spiro atoms. The molecule has 1 fully saturated rings. The van der Waals surface area contributed by atoms with Crippen LogP contribution in [0.3, 0.4) is 0 Å². The summed E-state index contributed by atoms with van der Waals surface area (Å²) in [7, 11) is 0. The fraction of sp³-hybridized carbons (Fsp3) is 0.588. The van der Waals surface area contributed by atoms with Crippen molar-refractivity contribution >= 4 is 6.03 Å². The van der Waals surface area contributed by atoms with Crippen LogP contribution in [-0.2, 0) is 0 Å². The summed E-state index contributed by atoms with van der Waals surface area (Å²) in [6.45, 7) is 5.88. The maximum atomic E-state index is 12.1. The Morgan fingerprint density at radius 2 is 1.95 bits per heavy atom. The van der Waals surface area contributed by atoms with Crippen LogP contribution in [0.25, 0.3) is 0 Å². The van der Waals surface area contributed by atoms with Gasteiger partial charge in [0.25, 0.3) is 0 Å². The summed E-state index contributed by atoms with van der Waals surface area (Å²) in [5.41, 5.74) is 0.255. The van der Waals surface area contributed by atoms with Crippen molar-refractivity contribution in [3.63, 3.8) is 0 Å². The van der Waals surface area contributed by atoms with Gasteiger partial charge in [-0.25, -0.2) is 4.79 Å². The lowest BCUT2D eigenvalue weighted by Gasteiger charge is -2.28. The quantitative estimate of drug-likeness (QED) is 0.754. The van der Waals surface area contributed by atoms with Gasteiger partial charge in [0.15, 0.2) is 0 Å². The van der Waals surface area contributed by atoms with Gasteiger partial charge >= 0.3 is 6.03 Å². The second kappa shape index (κ2) is 6.48. The number of hydrogen-bond donors (Lipinski definition) is 3. The minimum absolute atomic E-state index is 0.0650. The molecule has 1 saturated carbocycles. The van der Waals surface area contributed by atoms with Crippen LogP contribution >= 0.6 is 0 Å². The Morgan fingerprint density at radius 1 is 1.33 bits per heavy atom. The summed E-state index contributed by atoms with van der Waals surface area (Å²) < 4.78 is 0. The SMILES string of the molecule is CC(C)C(C)(O)CNC(=O)NC(c1ccccc1)C1CC1. The average Bonchev–Trinajstić information content (AvgIpc) is 3.28. The molecular weight excluding hydrogens is 264 g/mol. The first-order valence-corrected chi connectivity index (χ1v) is 7.72. The van der Waals surface area contributed by atoms with E-state index in [2.05, 4.69) is 10.6 Å². The van der Waals surface area contributed by atoms with Crippen molar-refractivity contribution in [1.82, 2.24) is 10.6 Å². The largest absolute Gasteiger partial charge is 0.388 e. The van der Waals surface area contributed by atoms with Crippen LogP contribution in [0.15, 0.2) is 30.3 Å². The van der Waals surface area contributed by atoms with Gasteiger partial charge < -0.3 is 15.7 Å². The van der Waals surface area contributed by atoms with Gasteiger partial charge in [0.05, 0.1) is 11.6 Å². The van der Waals surface area contributed by atoms with Gasteiger partial charge in [0.1, 0.15) is 0 Å². The summed E-state index contributed by atoms with van der Waals surface area (Å²) in [6, 6.07) is 9.92. The van der Waals surface area contributed by atoms with Gasteiger partial charge in [0.2, 0.25) is 0 Å². The van der Waals surface area contributed by atoms with Crippen molar-refractivity contribution in [2.45, 2.75) is 45.3 Å². The van der Waals surface area contributed by atoms with E-state index in [9.17, 15) is 9.90 Å². The Kier molecular flexibility index (Phi) is 4.88. The van der Waals surface area contributed by atoms with Crippen LogP contribution < -0.4 is 10.6 Å². The van der Waals surface area contributed by atoms with Crippen LogP contribution in [0.1, 0.15) is 45.2 Å². The number of benzene rings is 1. The molecule has 4 heteroatoms. The lowest BCUT2D eigenvalue weighted by atomic mass is 9.93. The zero-order valence-corrected chi connectivity index (χ0v) is 13.1. The highest BCUT2D eigenvalue weighted by molar-refractivity contribution is 5.74. The molecule has 0 aliphatic heterocycles. The lowest BCUT2D eigenvalue weighted by Crippen LogP contribution is -2.48. The van der Waals surface area contributed by atoms with E-state index in [1.165, 1.54) is 0 Å². The maximum absolute atomic E-state index is 12.1. The van der Waals surface area contributed by atoms with Crippen molar-refractivity contribution in [3.05, 3.63) is 35.9 Å². The number of carbonyl (C=O) groups excluding carboxylic acids is 1. The molecule has 0 aromatic heterocycles. The first-order valence-electron chi connectivity index (χ1n) is 7.72. The molecule has 1 aromatic rings. The molecule has 1 aromatic carbocycles. The van der Waals surface area contributed by atoms with E-state index < -0.39 is 5.60 Å². The van der Waals surface area contributed by atoms with Gasteiger partial charge in [0, 0.05) is 6.54 Å². The van der Waals surface area contributed by atoms with E-state index in [0.717, 1.165) is 18.4 Å². The van der Waals surface area contributed by atoms with Crippen molar-refractivity contribution in [3.8, 4) is 0 Å². The molecule has 4 nitrogen and oxygen atoms in total. The molecule has 1 aliphatic rings. The minimum Gasteiger partial charge on any atom is -0.388 e. The molecule has 3 N–H and O–H groups in total. The normalized spacial score (nSPS) is 18.9. The van der Waals surface area contributed by atoms with Crippen molar-refractivity contribution in [2.24, 2.45) is 11.8 Å². The number of urea groups is 1. The van der Waals surface area contributed by atoms with Gasteiger partial charge in [-0.05, 0) is 37.2 Å². The zero-order chi connectivity index (χ0) is 15.5. The molecule has 0 heterocycles. The number of hydrogen-bond acceptors (Lipinski definition) is 2. The van der Waals surface area contributed by atoms with E-state index >= 15 is 0 Å². The third-order valence-corrected chi connectivity index (χ3v) is 4.39. The first-order chi connectivity index (χ1) is 9.90. The van der Waals surface area contributed by atoms with Crippen LogP contribution in [0, 0.1) is 11.8 Å². The summed E-state index contributed by atoms with van der Waals surface area (Å²) in [6.07, 6.45) is 2.31. The molecular formula is C17H26N2O2. The van der Waals surface area contributed by atoms with E-state index in [1.54, 1.807) is 6.92 Å². The predicted molar refractivity (Wildman–Crippen MR) is 83.9 cm³/mol. The highest BCUT2D eigenvalue weighted by atomic mass is 16.3. The van der Waals surface area contributed by atoms with Gasteiger partial charge in [-0.15, -0.1) is 0 Å². The minimum atomic E-state index is -0.890. The first kappa shape index (κ1) is 15.8. The number of amides is 2. The topological polar surface area (TPSA) is 61.4 Å². The second-order valence-corrected chi connectivity index (χ2v) is 6.56. The second-order valence-electron chi connectivity index (χ2n) is 6.56. The lowest BCUT2D eigenvalue weighted by molar-refractivity contribution is 0.0165. The third-order valence-electron chi connectivity index (χ3n) is 4.39. The van der Waals surface area contributed by atoms with E-state index in [4.69, 9.17) is 0 Å². The van der Waals surface area contributed by atoms with Crippen LogP contribution in [0.4, 0.5) is 4.79 Å². The number of aliphatic hydroxyl groups is 1. The van der Waals surface area contributed by atoms with Gasteiger partial charge in [-0.2, -0.15) is 0 Å². The molecule has 116 valence electrons. The highest BCUT2D eigenvalue weighted by Crippen LogP contribution is 2.40. The van der Waals surface area contributed by atoms with Crippen molar-refractivity contribution in [2.75, 3.05) is 6.54 Å². The molecule has 2 rings (SSSR count). The Bertz CT molecular complexity index is 467. The molecule has 0 saturated heterocycles. The Labute approximate surface area is 126 Å². The monoisotopic (exact) mass is 290 g/mol. The van der Waals surface area contributed by atoms with Crippen molar-refractivity contribution in [1.29, 1.82) is 0 Å². The van der Waals surface area contributed by atoms with Crippen molar-refractivity contribution < 1.29 is 9.90 Å². The van der Waals surface area contributed by atoms with Crippen LogP contribution in [0.5, 0.6) is 0 Å². The number of nitrogens with one attached hydrogen (secondary N) is 2. The van der Waals surface area contributed by atoms with E-state index in [0.29, 0.717) is 5.92 Å². The molecule has 2 amide bonds. The fourth-order valence-electron chi connectivity index (χ4n) is 2.22. The van der Waals surface area contributed by atoms with E-state index in [1.807, 2.05) is 44.2 Å². The summed E-state index contributed by atoms with van der Waals surface area (Å²) in [4.78, 5) is 12.1. The average molecular weight is 290 g/mol. The zero-order valence-electron chi connectivity index (χ0n) is 13.1. The predicted octanol–water partition coefficient (Wildman–Crippen LogP) is 2.84. The van der Waals surface area contributed by atoms with Gasteiger partial charge in [-0.1, -0.05) is 44.2 Å². The molecule has 2 unspecified atom stereocenters. The molecule has 2 atom stereocenters. The Hall–Kier alpha value is -1.55. The van der Waals surface area contributed by atoms with Gasteiger partial charge in [-0.3, -0.25) is 0 Å². The summed E-state index contributed by atoms with van der Waals surface area (Å²) in [5, 5.41) is 16.0. The summed E-state index contributed by atoms with van der Waals surface area (Å²) >= 11 is 0.